The highest BCUT2D eigenvalue weighted by Crippen LogP contribution is 2.17. The van der Waals surface area contributed by atoms with Gasteiger partial charge in [0.25, 0.3) is 0 Å². The van der Waals surface area contributed by atoms with Crippen LogP contribution in [0.5, 0.6) is 0 Å². The Morgan fingerprint density at radius 2 is 2.10 bits per heavy atom. The van der Waals surface area contributed by atoms with E-state index in [0.717, 1.165) is 0 Å². The number of hydrogen-bond acceptors (Lipinski definition) is 4. The summed E-state index contributed by atoms with van der Waals surface area (Å²) in [4.78, 5) is 11.3. The molecule has 0 saturated carbocycles. The van der Waals surface area contributed by atoms with Gasteiger partial charge in [0, 0.05) is 0 Å². The monoisotopic (exact) mass is 291 g/mol. The number of ether oxygens (including phenoxy) is 1. The molecule has 1 heterocycles. The minimum Gasteiger partial charge on any atom is -0.463 e. The summed E-state index contributed by atoms with van der Waals surface area (Å²) in [5.74, 6) is 0.122. The van der Waals surface area contributed by atoms with E-state index in [1.165, 1.54) is 13.2 Å². The predicted molar refractivity (Wildman–Crippen MR) is 76.6 cm³/mol. The van der Waals surface area contributed by atoms with Gasteiger partial charge in [-0.15, -0.1) is 0 Å². The van der Waals surface area contributed by atoms with Gasteiger partial charge in [0.15, 0.2) is 0 Å². The summed E-state index contributed by atoms with van der Waals surface area (Å²) >= 11 is 0. The smallest absolute Gasteiger partial charge is 0.373 e. The lowest BCUT2D eigenvalue weighted by molar-refractivity contribution is 0.0562. The van der Waals surface area contributed by atoms with Crippen molar-refractivity contribution in [1.82, 2.24) is 5.32 Å². The third-order valence-electron chi connectivity index (χ3n) is 3.24. The van der Waals surface area contributed by atoms with Crippen molar-refractivity contribution in [3.05, 3.63) is 59.3 Å². The van der Waals surface area contributed by atoms with Gasteiger partial charge in [0.05, 0.1) is 13.2 Å². The quantitative estimate of drug-likeness (QED) is 0.831. The zero-order valence-corrected chi connectivity index (χ0v) is 12.1. The standard InChI is InChI=1S/C16H18FNO3/c1-11(14-7-8-15(21-14)16(19)20-2)18-10-9-12-5-3-4-6-13(12)17/h3-8,11,18H,9-10H2,1-2H3. The molecule has 4 nitrogen and oxygen atoms in total. The molecule has 2 rings (SSSR count). The lowest BCUT2D eigenvalue weighted by Gasteiger charge is -2.11. The van der Waals surface area contributed by atoms with E-state index in [-0.39, 0.29) is 17.6 Å². The van der Waals surface area contributed by atoms with Gasteiger partial charge in [0.2, 0.25) is 5.76 Å². The van der Waals surface area contributed by atoms with E-state index in [4.69, 9.17) is 4.42 Å². The lowest BCUT2D eigenvalue weighted by Crippen LogP contribution is -2.21. The molecule has 2 aromatic rings. The molecular formula is C16H18FNO3. The van der Waals surface area contributed by atoms with Crippen LogP contribution in [0.2, 0.25) is 0 Å². The summed E-state index contributed by atoms with van der Waals surface area (Å²) in [7, 11) is 1.31. The lowest BCUT2D eigenvalue weighted by atomic mass is 10.1. The molecule has 21 heavy (non-hydrogen) atoms. The zero-order valence-electron chi connectivity index (χ0n) is 12.1. The van der Waals surface area contributed by atoms with Crippen molar-refractivity contribution in [2.24, 2.45) is 0 Å². The van der Waals surface area contributed by atoms with Crippen LogP contribution in [0.4, 0.5) is 4.39 Å². The number of nitrogens with one attached hydrogen (secondary N) is 1. The normalized spacial score (nSPS) is 12.1. The van der Waals surface area contributed by atoms with Crippen molar-refractivity contribution < 1.29 is 18.3 Å². The fourth-order valence-electron chi connectivity index (χ4n) is 2.02. The molecule has 0 fully saturated rings. The molecule has 0 amide bonds. The van der Waals surface area contributed by atoms with Gasteiger partial charge in [0.1, 0.15) is 11.6 Å². The van der Waals surface area contributed by atoms with Crippen molar-refractivity contribution in [3.8, 4) is 0 Å². The van der Waals surface area contributed by atoms with Crippen LogP contribution in [-0.4, -0.2) is 19.6 Å². The maximum Gasteiger partial charge on any atom is 0.373 e. The third kappa shape index (κ3) is 3.92. The number of halogens is 1. The molecular weight excluding hydrogens is 273 g/mol. The molecule has 5 heteroatoms. The largest absolute Gasteiger partial charge is 0.463 e. The molecule has 0 spiro atoms. The molecule has 0 aliphatic carbocycles. The van der Waals surface area contributed by atoms with E-state index in [0.29, 0.717) is 24.3 Å². The van der Waals surface area contributed by atoms with Crippen LogP contribution >= 0.6 is 0 Å². The van der Waals surface area contributed by atoms with Gasteiger partial charge in [-0.05, 0) is 43.7 Å². The fraction of sp³-hybridized carbons (Fsp3) is 0.312. The Morgan fingerprint density at radius 3 is 2.81 bits per heavy atom. The topological polar surface area (TPSA) is 51.5 Å². The van der Waals surface area contributed by atoms with Crippen molar-refractivity contribution in [2.45, 2.75) is 19.4 Å². The van der Waals surface area contributed by atoms with Crippen LogP contribution in [-0.2, 0) is 11.2 Å². The van der Waals surface area contributed by atoms with Gasteiger partial charge in [-0.3, -0.25) is 0 Å². The number of carbonyl (C=O) groups excluding carboxylic acids is 1. The highest BCUT2D eigenvalue weighted by Gasteiger charge is 2.15. The number of benzene rings is 1. The number of furan rings is 1. The van der Waals surface area contributed by atoms with Crippen LogP contribution in [0.15, 0.2) is 40.8 Å². The van der Waals surface area contributed by atoms with E-state index < -0.39 is 5.97 Å². The first kappa shape index (κ1) is 15.3. The van der Waals surface area contributed by atoms with Crippen LogP contribution in [0, 0.1) is 5.82 Å². The van der Waals surface area contributed by atoms with E-state index in [1.54, 1.807) is 24.3 Å². The molecule has 0 saturated heterocycles. The molecule has 0 aliphatic heterocycles. The summed E-state index contributed by atoms with van der Waals surface area (Å²) in [6.07, 6.45) is 0.585. The number of methoxy groups -OCH3 is 1. The average Bonchev–Trinajstić information content (AvgIpc) is 2.98. The molecule has 1 N–H and O–H groups in total. The first-order chi connectivity index (χ1) is 10.1. The molecule has 1 aromatic carbocycles. The molecule has 1 aromatic heterocycles. The van der Waals surface area contributed by atoms with Gasteiger partial charge >= 0.3 is 5.97 Å². The Balaban J connectivity index is 1.87. The van der Waals surface area contributed by atoms with Gasteiger partial charge < -0.3 is 14.5 Å². The maximum absolute atomic E-state index is 13.5. The van der Waals surface area contributed by atoms with Crippen LogP contribution in [0.25, 0.3) is 0 Å². The van der Waals surface area contributed by atoms with E-state index in [9.17, 15) is 9.18 Å². The van der Waals surface area contributed by atoms with Crippen molar-refractivity contribution in [1.29, 1.82) is 0 Å². The van der Waals surface area contributed by atoms with Crippen molar-refractivity contribution >= 4 is 5.97 Å². The zero-order chi connectivity index (χ0) is 15.2. The van der Waals surface area contributed by atoms with Gasteiger partial charge in [-0.25, -0.2) is 9.18 Å². The number of carbonyl (C=O) groups is 1. The first-order valence-corrected chi connectivity index (χ1v) is 6.76. The SMILES string of the molecule is COC(=O)c1ccc(C(C)NCCc2ccccc2F)o1. The van der Waals surface area contributed by atoms with Gasteiger partial charge in [-0.2, -0.15) is 0 Å². The minimum absolute atomic E-state index is 0.0739. The molecule has 1 unspecified atom stereocenters. The highest BCUT2D eigenvalue weighted by atomic mass is 19.1. The predicted octanol–water partition coefficient (Wildman–Crippen LogP) is 3.10. The second kappa shape index (κ2) is 7.04. The number of esters is 1. The minimum atomic E-state index is -0.500. The van der Waals surface area contributed by atoms with Crippen molar-refractivity contribution in [3.63, 3.8) is 0 Å². The summed E-state index contributed by atoms with van der Waals surface area (Å²) < 4.78 is 23.5. The van der Waals surface area contributed by atoms with Crippen LogP contribution in [0.1, 0.15) is 34.8 Å². The highest BCUT2D eigenvalue weighted by molar-refractivity contribution is 5.86. The maximum atomic E-state index is 13.5. The summed E-state index contributed by atoms with van der Waals surface area (Å²) in [6.45, 7) is 2.53. The Labute approximate surface area is 122 Å². The third-order valence-corrected chi connectivity index (χ3v) is 3.24. The second-order valence-electron chi connectivity index (χ2n) is 4.71. The molecule has 0 bridgehead atoms. The number of hydrogen-bond donors (Lipinski definition) is 1. The van der Waals surface area contributed by atoms with E-state index in [1.807, 2.05) is 13.0 Å². The Morgan fingerprint density at radius 1 is 1.33 bits per heavy atom. The van der Waals surface area contributed by atoms with Gasteiger partial charge in [-0.1, -0.05) is 18.2 Å². The average molecular weight is 291 g/mol. The first-order valence-electron chi connectivity index (χ1n) is 6.76. The second-order valence-corrected chi connectivity index (χ2v) is 4.71. The molecule has 112 valence electrons. The number of rotatable bonds is 6. The van der Waals surface area contributed by atoms with Crippen LogP contribution in [0.3, 0.4) is 0 Å². The summed E-state index contributed by atoms with van der Waals surface area (Å²) in [5.41, 5.74) is 0.673. The Kier molecular flexibility index (Phi) is 5.11. The van der Waals surface area contributed by atoms with E-state index in [2.05, 4.69) is 10.1 Å². The Hall–Kier alpha value is -2.14. The van der Waals surface area contributed by atoms with Crippen molar-refractivity contribution in [2.75, 3.05) is 13.7 Å². The summed E-state index contributed by atoms with van der Waals surface area (Å²) in [6, 6.07) is 9.94. The Bertz CT molecular complexity index is 609. The fourth-order valence-corrected chi connectivity index (χ4v) is 2.02. The van der Waals surface area contributed by atoms with Crippen LogP contribution < -0.4 is 5.32 Å². The molecule has 0 radical (unpaired) electrons. The molecule has 0 aliphatic rings. The van der Waals surface area contributed by atoms with E-state index >= 15 is 0 Å². The molecule has 1 atom stereocenters. The summed E-state index contributed by atoms with van der Waals surface area (Å²) in [5, 5.41) is 3.23.